The van der Waals surface area contributed by atoms with E-state index in [0.29, 0.717) is 5.75 Å². The highest BCUT2D eigenvalue weighted by Gasteiger charge is 2.21. The largest absolute Gasteiger partial charge is 0.496 e. The molecule has 2 aromatic rings. The first-order valence-electron chi connectivity index (χ1n) is 6.30. The van der Waals surface area contributed by atoms with Crippen LogP contribution in [0, 0.1) is 3.57 Å². The third kappa shape index (κ3) is 3.63. The predicted molar refractivity (Wildman–Crippen MR) is 96.0 cm³/mol. The third-order valence-corrected chi connectivity index (χ3v) is 4.87. The second-order valence-electron chi connectivity index (χ2n) is 4.36. The van der Waals surface area contributed by atoms with Gasteiger partial charge in [0.15, 0.2) is 0 Å². The van der Waals surface area contributed by atoms with Gasteiger partial charge in [0.25, 0.3) is 0 Å². The molecule has 1 atom stereocenters. The Labute approximate surface area is 146 Å². The molecule has 0 aromatic heterocycles. The second-order valence-corrected chi connectivity index (χ2v) is 6.52. The highest BCUT2D eigenvalue weighted by molar-refractivity contribution is 14.1. The molecule has 2 rings (SSSR count). The first kappa shape index (κ1) is 16.4. The molecule has 0 aliphatic heterocycles. The Morgan fingerprint density at radius 3 is 1.86 bits per heavy atom. The quantitative estimate of drug-likeness (QED) is 0.471. The maximum Gasteiger partial charge on any atom is 0.130 e. The Morgan fingerprint density at radius 1 is 0.905 bits per heavy atom. The number of alkyl halides is 1. The van der Waals surface area contributed by atoms with Crippen LogP contribution in [-0.4, -0.2) is 21.3 Å². The smallest absolute Gasteiger partial charge is 0.130 e. The van der Waals surface area contributed by atoms with Crippen molar-refractivity contribution >= 4 is 38.5 Å². The lowest BCUT2D eigenvalue weighted by Gasteiger charge is -2.19. The molecule has 0 saturated carbocycles. The second kappa shape index (κ2) is 7.35. The number of halogens is 2. The van der Waals surface area contributed by atoms with Crippen LogP contribution < -0.4 is 14.2 Å². The minimum absolute atomic E-state index is 0.0229. The van der Waals surface area contributed by atoms with Crippen molar-refractivity contribution in [3.8, 4) is 17.2 Å². The highest BCUT2D eigenvalue weighted by atomic mass is 127. The number of hydrogen-bond donors (Lipinski definition) is 0. The van der Waals surface area contributed by atoms with Gasteiger partial charge in [0.05, 0.1) is 31.7 Å². The van der Waals surface area contributed by atoms with Crippen molar-refractivity contribution in [1.82, 2.24) is 0 Å². The van der Waals surface area contributed by atoms with Crippen LogP contribution in [0.2, 0.25) is 0 Å². The van der Waals surface area contributed by atoms with E-state index < -0.39 is 0 Å². The van der Waals surface area contributed by atoms with Crippen molar-refractivity contribution in [1.29, 1.82) is 0 Å². The van der Waals surface area contributed by atoms with E-state index in [1.165, 1.54) is 3.57 Å². The normalized spacial score (nSPS) is 11.9. The zero-order valence-corrected chi connectivity index (χ0v) is 15.8. The van der Waals surface area contributed by atoms with E-state index in [1.807, 2.05) is 12.1 Å². The predicted octanol–water partition coefficient (Wildman–Crippen LogP) is 4.80. The first-order chi connectivity index (χ1) is 10.1. The Morgan fingerprint density at radius 2 is 1.43 bits per heavy atom. The number of ether oxygens (including phenoxy) is 3. The standard InChI is InChI=1S/C16H16BrIO3/c1-19-12-8-13(20-2)15(14(9-12)21-3)16(17)10-4-6-11(18)7-5-10/h4-9,16H,1-3H3. The molecule has 0 radical (unpaired) electrons. The van der Waals surface area contributed by atoms with Gasteiger partial charge in [0.1, 0.15) is 17.2 Å². The molecule has 0 spiro atoms. The van der Waals surface area contributed by atoms with Gasteiger partial charge >= 0.3 is 0 Å². The fourth-order valence-corrected chi connectivity index (χ4v) is 3.20. The van der Waals surface area contributed by atoms with Crippen molar-refractivity contribution in [3.63, 3.8) is 0 Å². The molecule has 0 amide bonds. The van der Waals surface area contributed by atoms with Crippen LogP contribution in [0.5, 0.6) is 17.2 Å². The van der Waals surface area contributed by atoms with Crippen molar-refractivity contribution in [2.24, 2.45) is 0 Å². The van der Waals surface area contributed by atoms with Gasteiger partial charge in [0, 0.05) is 15.7 Å². The summed E-state index contributed by atoms with van der Waals surface area (Å²) in [6, 6.07) is 12.0. The lowest BCUT2D eigenvalue weighted by Crippen LogP contribution is -2.02. The summed E-state index contributed by atoms with van der Waals surface area (Å²) in [5.41, 5.74) is 2.08. The van der Waals surface area contributed by atoms with Crippen LogP contribution in [0.1, 0.15) is 16.0 Å². The van der Waals surface area contributed by atoms with E-state index in [-0.39, 0.29) is 4.83 Å². The molecule has 1 unspecified atom stereocenters. The molecule has 2 aromatic carbocycles. The maximum absolute atomic E-state index is 5.51. The van der Waals surface area contributed by atoms with Gasteiger partial charge in [-0.1, -0.05) is 28.1 Å². The summed E-state index contributed by atoms with van der Waals surface area (Å²) >= 11 is 6.04. The number of benzene rings is 2. The molecule has 112 valence electrons. The molecule has 0 aliphatic carbocycles. The van der Waals surface area contributed by atoms with E-state index in [2.05, 4.69) is 62.8 Å². The zero-order chi connectivity index (χ0) is 15.4. The summed E-state index contributed by atoms with van der Waals surface area (Å²) < 4.78 is 17.5. The van der Waals surface area contributed by atoms with Crippen LogP contribution in [0.3, 0.4) is 0 Å². The monoisotopic (exact) mass is 462 g/mol. The molecule has 0 saturated heterocycles. The number of rotatable bonds is 5. The van der Waals surface area contributed by atoms with E-state index in [9.17, 15) is 0 Å². The van der Waals surface area contributed by atoms with E-state index in [4.69, 9.17) is 14.2 Å². The molecule has 0 bridgehead atoms. The van der Waals surface area contributed by atoms with Crippen LogP contribution >= 0.6 is 38.5 Å². The van der Waals surface area contributed by atoms with E-state index in [1.54, 1.807) is 21.3 Å². The van der Waals surface area contributed by atoms with Gasteiger partial charge in [-0.15, -0.1) is 0 Å². The van der Waals surface area contributed by atoms with Gasteiger partial charge in [0.2, 0.25) is 0 Å². The Kier molecular flexibility index (Phi) is 5.75. The summed E-state index contributed by atoms with van der Waals surface area (Å²) in [6.07, 6.45) is 0. The SMILES string of the molecule is COc1cc(OC)c(C(Br)c2ccc(I)cc2)c(OC)c1. The maximum atomic E-state index is 5.51. The molecular formula is C16H16BrIO3. The molecule has 0 N–H and O–H groups in total. The fourth-order valence-electron chi connectivity index (χ4n) is 2.08. The van der Waals surface area contributed by atoms with Crippen LogP contribution in [0.15, 0.2) is 36.4 Å². The Bertz CT molecular complexity index is 588. The summed E-state index contributed by atoms with van der Waals surface area (Å²) in [4.78, 5) is -0.0229. The lowest BCUT2D eigenvalue weighted by atomic mass is 10.0. The summed E-state index contributed by atoms with van der Waals surface area (Å²) in [7, 11) is 4.91. The zero-order valence-electron chi connectivity index (χ0n) is 12.0. The average molecular weight is 463 g/mol. The molecule has 0 aliphatic rings. The Hall–Kier alpha value is -0.950. The van der Waals surface area contributed by atoms with E-state index >= 15 is 0 Å². The van der Waals surface area contributed by atoms with Gasteiger partial charge < -0.3 is 14.2 Å². The minimum Gasteiger partial charge on any atom is -0.496 e. The molecule has 0 fully saturated rings. The first-order valence-corrected chi connectivity index (χ1v) is 8.29. The van der Waals surface area contributed by atoms with Gasteiger partial charge in [-0.25, -0.2) is 0 Å². The van der Waals surface area contributed by atoms with Crippen LogP contribution in [0.4, 0.5) is 0 Å². The van der Waals surface area contributed by atoms with Crippen molar-refractivity contribution in [2.45, 2.75) is 4.83 Å². The van der Waals surface area contributed by atoms with Crippen LogP contribution in [-0.2, 0) is 0 Å². The van der Waals surface area contributed by atoms with Crippen molar-refractivity contribution in [2.75, 3.05) is 21.3 Å². The summed E-state index contributed by atoms with van der Waals surface area (Å²) in [5.74, 6) is 2.16. The van der Waals surface area contributed by atoms with Crippen LogP contribution in [0.25, 0.3) is 0 Å². The highest BCUT2D eigenvalue weighted by Crippen LogP contribution is 2.44. The average Bonchev–Trinajstić information content (AvgIpc) is 2.53. The van der Waals surface area contributed by atoms with Gasteiger partial charge in [-0.3, -0.25) is 0 Å². The lowest BCUT2D eigenvalue weighted by molar-refractivity contribution is 0.369. The van der Waals surface area contributed by atoms with Gasteiger partial charge in [-0.05, 0) is 40.3 Å². The van der Waals surface area contributed by atoms with Crippen molar-refractivity contribution in [3.05, 3.63) is 51.1 Å². The van der Waals surface area contributed by atoms with Gasteiger partial charge in [-0.2, -0.15) is 0 Å². The summed E-state index contributed by atoms with van der Waals surface area (Å²) in [6.45, 7) is 0. The fraction of sp³-hybridized carbons (Fsp3) is 0.250. The van der Waals surface area contributed by atoms with Crippen molar-refractivity contribution < 1.29 is 14.2 Å². The summed E-state index contributed by atoms with van der Waals surface area (Å²) in [5, 5.41) is 0. The number of hydrogen-bond acceptors (Lipinski definition) is 3. The molecule has 5 heteroatoms. The molecule has 3 nitrogen and oxygen atoms in total. The number of methoxy groups -OCH3 is 3. The Balaban J connectivity index is 2.52. The minimum atomic E-state index is -0.0229. The van der Waals surface area contributed by atoms with E-state index in [0.717, 1.165) is 22.6 Å². The molecular weight excluding hydrogens is 447 g/mol. The third-order valence-electron chi connectivity index (χ3n) is 3.17. The molecule has 21 heavy (non-hydrogen) atoms. The topological polar surface area (TPSA) is 27.7 Å². The molecule has 0 heterocycles.